The molecule has 0 bridgehead atoms. The maximum atomic E-state index is 9.76. The van der Waals surface area contributed by atoms with Crippen LogP contribution < -0.4 is 0 Å². The largest absolute Gasteiger partial charge is 0.504 e. The lowest BCUT2D eigenvalue weighted by Crippen LogP contribution is -1.87. The van der Waals surface area contributed by atoms with Gasteiger partial charge in [0, 0.05) is 0 Å². The molecule has 2 heteroatoms. The van der Waals surface area contributed by atoms with E-state index in [1.54, 1.807) is 6.07 Å². The smallest absolute Gasteiger partial charge is 0.160 e. The SMILES string of the molecule is CCC/C=C\CC/C=C\CCCCCCCCCc1cccc(O)c1O. The highest BCUT2D eigenvalue weighted by Crippen LogP contribution is 2.29. The number of unbranched alkanes of at least 4 members (excludes halogenated alkanes) is 9. The summed E-state index contributed by atoms with van der Waals surface area (Å²) in [5, 5.41) is 19.2. The van der Waals surface area contributed by atoms with Crippen molar-refractivity contribution in [2.75, 3.05) is 0 Å². The second-order valence-corrected chi connectivity index (χ2v) is 7.11. The summed E-state index contributed by atoms with van der Waals surface area (Å²) in [7, 11) is 0. The zero-order chi connectivity index (χ0) is 18.9. The van der Waals surface area contributed by atoms with Gasteiger partial charge in [-0.15, -0.1) is 0 Å². The fourth-order valence-corrected chi connectivity index (χ4v) is 3.07. The van der Waals surface area contributed by atoms with E-state index in [0.717, 1.165) is 18.4 Å². The van der Waals surface area contributed by atoms with Gasteiger partial charge in [0.1, 0.15) is 0 Å². The van der Waals surface area contributed by atoms with Crippen LogP contribution in [0.25, 0.3) is 0 Å². The topological polar surface area (TPSA) is 40.5 Å². The van der Waals surface area contributed by atoms with Gasteiger partial charge in [-0.2, -0.15) is 0 Å². The predicted octanol–water partition coefficient (Wildman–Crippen LogP) is 7.45. The second-order valence-electron chi connectivity index (χ2n) is 7.11. The van der Waals surface area contributed by atoms with Crippen LogP contribution in [0.2, 0.25) is 0 Å². The summed E-state index contributed by atoms with van der Waals surface area (Å²) >= 11 is 0. The van der Waals surface area contributed by atoms with Crippen molar-refractivity contribution in [3.8, 4) is 11.5 Å². The molecule has 1 rings (SSSR count). The Morgan fingerprint density at radius 2 is 1.27 bits per heavy atom. The van der Waals surface area contributed by atoms with Crippen molar-refractivity contribution >= 4 is 0 Å². The van der Waals surface area contributed by atoms with E-state index in [0.29, 0.717) is 0 Å². The molecule has 0 spiro atoms. The van der Waals surface area contributed by atoms with Crippen molar-refractivity contribution in [1.29, 1.82) is 0 Å². The zero-order valence-electron chi connectivity index (χ0n) is 16.6. The monoisotopic (exact) mass is 358 g/mol. The Kier molecular flexibility index (Phi) is 13.4. The Balaban J connectivity index is 1.88. The third kappa shape index (κ3) is 11.0. The van der Waals surface area contributed by atoms with Crippen molar-refractivity contribution in [1.82, 2.24) is 0 Å². The number of aromatic hydroxyl groups is 2. The molecule has 0 aliphatic heterocycles. The Morgan fingerprint density at radius 1 is 0.692 bits per heavy atom. The summed E-state index contributed by atoms with van der Waals surface area (Å²) in [6, 6.07) is 5.21. The molecule has 0 unspecified atom stereocenters. The number of allylic oxidation sites excluding steroid dienone is 4. The predicted molar refractivity (Wildman–Crippen MR) is 113 cm³/mol. The van der Waals surface area contributed by atoms with Crippen LogP contribution in [0.4, 0.5) is 0 Å². The van der Waals surface area contributed by atoms with E-state index in [4.69, 9.17) is 0 Å². The molecule has 0 heterocycles. The minimum Gasteiger partial charge on any atom is -0.504 e. The quantitative estimate of drug-likeness (QED) is 0.194. The number of para-hydroxylation sites is 1. The second kappa shape index (κ2) is 15.5. The summed E-state index contributed by atoms with van der Waals surface area (Å²) in [6.07, 6.45) is 24.9. The molecule has 0 saturated heterocycles. The first kappa shape index (κ1) is 22.3. The standard InChI is InChI=1S/C24H38O2/c1-2-3-4-5-6-7-8-9-10-11-12-13-14-15-16-17-19-22-20-18-21-23(25)24(22)26/h4-5,8-9,18,20-21,25-26H,2-3,6-7,10-17,19H2,1H3/b5-4-,9-8-. The minimum absolute atomic E-state index is 0.00972. The number of aryl methyl sites for hydroxylation is 1. The van der Waals surface area contributed by atoms with Crippen molar-refractivity contribution in [2.24, 2.45) is 0 Å². The van der Waals surface area contributed by atoms with Crippen LogP contribution in [0.5, 0.6) is 11.5 Å². The van der Waals surface area contributed by atoms with Crippen molar-refractivity contribution in [2.45, 2.75) is 90.4 Å². The number of phenolic OH excluding ortho intramolecular Hbond substituents is 2. The fraction of sp³-hybridized carbons (Fsp3) is 0.583. The fourth-order valence-electron chi connectivity index (χ4n) is 3.07. The summed E-state index contributed by atoms with van der Waals surface area (Å²) in [5.41, 5.74) is 0.859. The lowest BCUT2D eigenvalue weighted by atomic mass is 10.0. The Labute approximate surface area is 160 Å². The normalized spacial score (nSPS) is 11.7. The first-order valence-electron chi connectivity index (χ1n) is 10.6. The number of benzene rings is 1. The van der Waals surface area contributed by atoms with E-state index in [1.807, 2.05) is 6.07 Å². The highest BCUT2D eigenvalue weighted by atomic mass is 16.3. The van der Waals surface area contributed by atoms with Gasteiger partial charge in [0.15, 0.2) is 11.5 Å². The molecule has 0 aliphatic carbocycles. The zero-order valence-corrected chi connectivity index (χ0v) is 16.6. The Hall–Kier alpha value is -1.70. The molecule has 2 N–H and O–H groups in total. The van der Waals surface area contributed by atoms with E-state index >= 15 is 0 Å². The molecule has 1 aromatic rings. The number of hydrogen-bond acceptors (Lipinski definition) is 2. The Morgan fingerprint density at radius 3 is 1.96 bits per heavy atom. The first-order valence-corrected chi connectivity index (χ1v) is 10.6. The van der Waals surface area contributed by atoms with Crippen LogP contribution in [0.15, 0.2) is 42.5 Å². The number of rotatable bonds is 15. The molecular formula is C24H38O2. The van der Waals surface area contributed by atoms with E-state index in [1.165, 1.54) is 76.7 Å². The van der Waals surface area contributed by atoms with Gasteiger partial charge in [-0.25, -0.2) is 0 Å². The third-order valence-corrected chi connectivity index (χ3v) is 4.70. The number of hydrogen-bond donors (Lipinski definition) is 2. The van der Waals surface area contributed by atoms with E-state index in [2.05, 4.69) is 31.2 Å². The molecule has 0 atom stereocenters. The van der Waals surface area contributed by atoms with Gasteiger partial charge in [0.25, 0.3) is 0 Å². The van der Waals surface area contributed by atoms with Crippen LogP contribution in [-0.4, -0.2) is 10.2 Å². The molecule has 0 amide bonds. The minimum atomic E-state index is -0.00972. The van der Waals surface area contributed by atoms with Crippen molar-refractivity contribution in [3.63, 3.8) is 0 Å². The van der Waals surface area contributed by atoms with Crippen LogP contribution in [0.3, 0.4) is 0 Å². The molecule has 0 saturated carbocycles. The van der Waals surface area contributed by atoms with Crippen LogP contribution >= 0.6 is 0 Å². The van der Waals surface area contributed by atoms with Crippen LogP contribution in [0, 0.1) is 0 Å². The summed E-state index contributed by atoms with van der Waals surface area (Å²) in [6.45, 7) is 2.22. The average molecular weight is 359 g/mol. The molecular weight excluding hydrogens is 320 g/mol. The summed E-state index contributed by atoms with van der Waals surface area (Å²) in [4.78, 5) is 0. The summed E-state index contributed by atoms with van der Waals surface area (Å²) < 4.78 is 0. The van der Waals surface area contributed by atoms with E-state index < -0.39 is 0 Å². The molecule has 0 aliphatic rings. The average Bonchev–Trinajstić information content (AvgIpc) is 2.64. The van der Waals surface area contributed by atoms with Crippen LogP contribution in [0.1, 0.15) is 89.5 Å². The summed E-state index contributed by atoms with van der Waals surface area (Å²) in [5.74, 6) is 0.0436. The lowest BCUT2D eigenvalue weighted by molar-refractivity contribution is 0.398. The number of phenols is 2. The molecule has 0 aromatic heterocycles. The van der Waals surface area contributed by atoms with E-state index in [9.17, 15) is 10.2 Å². The van der Waals surface area contributed by atoms with Crippen molar-refractivity contribution < 1.29 is 10.2 Å². The van der Waals surface area contributed by atoms with Gasteiger partial charge in [0.2, 0.25) is 0 Å². The van der Waals surface area contributed by atoms with Crippen molar-refractivity contribution in [3.05, 3.63) is 48.1 Å². The molecule has 146 valence electrons. The maximum Gasteiger partial charge on any atom is 0.160 e. The molecule has 0 fully saturated rings. The first-order chi connectivity index (χ1) is 12.8. The molecule has 26 heavy (non-hydrogen) atoms. The van der Waals surface area contributed by atoms with Gasteiger partial charge in [-0.05, 0) is 56.6 Å². The molecule has 0 radical (unpaired) electrons. The maximum absolute atomic E-state index is 9.76. The van der Waals surface area contributed by atoms with Gasteiger partial charge in [-0.1, -0.05) is 81.9 Å². The lowest BCUT2D eigenvalue weighted by Gasteiger charge is -2.06. The molecule has 2 nitrogen and oxygen atoms in total. The van der Waals surface area contributed by atoms with Gasteiger partial charge >= 0.3 is 0 Å². The highest BCUT2D eigenvalue weighted by molar-refractivity contribution is 5.44. The van der Waals surface area contributed by atoms with Gasteiger partial charge in [0.05, 0.1) is 0 Å². The van der Waals surface area contributed by atoms with E-state index in [-0.39, 0.29) is 11.5 Å². The highest BCUT2D eigenvalue weighted by Gasteiger charge is 2.04. The van der Waals surface area contributed by atoms with Gasteiger partial charge in [-0.3, -0.25) is 0 Å². The Bertz CT molecular complexity index is 517. The van der Waals surface area contributed by atoms with Crippen LogP contribution in [-0.2, 0) is 6.42 Å². The van der Waals surface area contributed by atoms with Gasteiger partial charge < -0.3 is 10.2 Å². The molecule has 1 aromatic carbocycles. The third-order valence-electron chi connectivity index (χ3n) is 4.70.